The van der Waals surface area contributed by atoms with Gasteiger partial charge in [0.05, 0.1) is 0 Å². The maximum absolute atomic E-state index is 5.53. The van der Waals surface area contributed by atoms with Crippen LogP contribution in [0.5, 0.6) is 0 Å². The standard InChI is InChI=1S/C13H18N4O2/c1-3-4-11(18-2)12-16-13(19-17-12)10-6-5-9(7-14)8-15-10/h5-6,8,11H,3-4,7,14H2,1-2H3. The van der Waals surface area contributed by atoms with Gasteiger partial charge in [0.15, 0.2) is 0 Å². The molecule has 0 aromatic carbocycles. The number of aromatic nitrogens is 3. The van der Waals surface area contributed by atoms with E-state index in [0.29, 0.717) is 24.0 Å². The number of pyridine rings is 1. The molecule has 2 N–H and O–H groups in total. The molecule has 0 saturated carbocycles. The fourth-order valence-electron chi connectivity index (χ4n) is 1.76. The highest BCUT2D eigenvalue weighted by Gasteiger charge is 2.18. The summed E-state index contributed by atoms with van der Waals surface area (Å²) in [5, 5.41) is 3.95. The number of hydrogen-bond acceptors (Lipinski definition) is 6. The van der Waals surface area contributed by atoms with Crippen molar-refractivity contribution in [3.8, 4) is 11.6 Å². The van der Waals surface area contributed by atoms with Gasteiger partial charge in [-0.1, -0.05) is 24.6 Å². The smallest absolute Gasteiger partial charge is 0.276 e. The average Bonchev–Trinajstić information content (AvgIpc) is 2.94. The van der Waals surface area contributed by atoms with E-state index in [2.05, 4.69) is 22.0 Å². The molecule has 19 heavy (non-hydrogen) atoms. The van der Waals surface area contributed by atoms with E-state index in [9.17, 15) is 0 Å². The van der Waals surface area contributed by atoms with E-state index in [1.165, 1.54) is 0 Å². The molecule has 0 radical (unpaired) electrons. The maximum Gasteiger partial charge on any atom is 0.276 e. The summed E-state index contributed by atoms with van der Waals surface area (Å²) in [5.74, 6) is 0.959. The summed E-state index contributed by atoms with van der Waals surface area (Å²) in [7, 11) is 1.64. The van der Waals surface area contributed by atoms with Crippen LogP contribution in [0.3, 0.4) is 0 Å². The Kier molecular flexibility index (Phi) is 4.59. The van der Waals surface area contributed by atoms with Crippen molar-refractivity contribution in [1.82, 2.24) is 15.1 Å². The van der Waals surface area contributed by atoms with Crippen LogP contribution in [0.1, 0.15) is 37.3 Å². The molecule has 2 heterocycles. The average molecular weight is 262 g/mol. The Morgan fingerprint density at radius 2 is 2.26 bits per heavy atom. The predicted molar refractivity (Wildman–Crippen MR) is 70.1 cm³/mol. The van der Waals surface area contributed by atoms with Crippen LogP contribution in [-0.2, 0) is 11.3 Å². The molecule has 2 rings (SSSR count). The van der Waals surface area contributed by atoms with E-state index >= 15 is 0 Å². The number of hydrogen-bond donors (Lipinski definition) is 1. The van der Waals surface area contributed by atoms with Gasteiger partial charge in [0.1, 0.15) is 11.8 Å². The lowest BCUT2D eigenvalue weighted by atomic mass is 10.2. The van der Waals surface area contributed by atoms with Crippen LogP contribution in [0.25, 0.3) is 11.6 Å². The third-order valence-corrected chi connectivity index (χ3v) is 2.84. The molecule has 0 aliphatic heterocycles. The molecule has 0 amide bonds. The molecular formula is C13H18N4O2. The van der Waals surface area contributed by atoms with Crippen LogP contribution in [0, 0.1) is 0 Å². The van der Waals surface area contributed by atoms with Crippen molar-refractivity contribution >= 4 is 0 Å². The highest BCUT2D eigenvalue weighted by atomic mass is 16.5. The summed E-state index contributed by atoms with van der Waals surface area (Å²) in [6, 6.07) is 3.72. The topological polar surface area (TPSA) is 87.1 Å². The fraction of sp³-hybridized carbons (Fsp3) is 0.462. The summed E-state index contributed by atoms with van der Waals surface area (Å²) < 4.78 is 10.6. The lowest BCUT2D eigenvalue weighted by Gasteiger charge is -2.08. The highest BCUT2D eigenvalue weighted by molar-refractivity contribution is 5.46. The first kappa shape index (κ1) is 13.6. The maximum atomic E-state index is 5.53. The summed E-state index contributed by atoms with van der Waals surface area (Å²) in [5.41, 5.74) is 7.13. The molecule has 6 nitrogen and oxygen atoms in total. The molecule has 2 aromatic heterocycles. The summed E-state index contributed by atoms with van der Waals surface area (Å²) in [6.07, 6.45) is 3.42. The van der Waals surface area contributed by atoms with Crippen LogP contribution in [0.2, 0.25) is 0 Å². The van der Waals surface area contributed by atoms with Gasteiger partial charge in [-0.25, -0.2) is 0 Å². The third-order valence-electron chi connectivity index (χ3n) is 2.84. The fourth-order valence-corrected chi connectivity index (χ4v) is 1.76. The zero-order valence-corrected chi connectivity index (χ0v) is 11.2. The van der Waals surface area contributed by atoms with E-state index < -0.39 is 0 Å². The first-order valence-corrected chi connectivity index (χ1v) is 6.30. The first-order valence-electron chi connectivity index (χ1n) is 6.30. The second-order valence-corrected chi connectivity index (χ2v) is 4.23. The Balaban J connectivity index is 2.19. The molecule has 0 aliphatic carbocycles. The van der Waals surface area contributed by atoms with Gasteiger partial charge in [-0.3, -0.25) is 4.98 Å². The largest absolute Gasteiger partial charge is 0.373 e. The molecule has 102 valence electrons. The number of nitrogens with two attached hydrogens (primary N) is 1. The Hall–Kier alpha value is -1.79. The predicted octanol–water partition coefficient (Wildman–Crippen LogP) is 2.08. The molecule has 1 unspecified atom stereocenters. The Morgan fingerprint density at radius 1 is 1.42 bits per heavy atom. The number of rotatable bonds is 6. The SMILES string of the molecule is CCCC(OC)c1noc(-c2ccc(CN)cn2)n1. The molecule has 0 fully saturated rings. The number of methoxy groups -OCH3 is 1. The van der Waals surface area contributed by atoms with Crippen LogP contribution in [0.15, 0.2) is 22.9 Å². The van der Waals surface area contributed by atoms with Gasteiger partial charge in [0.25, 0.3) is 5.89 Å². The van der Waals surface area contributed by atoms with Crippen LogP contribution >= 0.6 is 0 Å². The number of ether oxygens (including phenoxy) is 1. The zero-order chi connectivity index (χ0) is 13.7. The molecule has 6 heteroatoms. The van der Waals surface area contributed by atoms with Crippen molar-refractivity contribution in [2.24, 2.45) is 5.73 Å². The van der Waals surface area contributed by atoms with E-state index in [1.54, 1.807) is 13.3 Å². The number of nitrogens with zero attached hydrogens (tertiary/aromatic N) is 3. The van der Waals surface area contributed by atoms with E-state index in [0.717, 1.165) is 18.4 Å². The molecule has 0 bridgehead atoms. The monoisotopic (exact) mass is 262 g/mol. The summed E-state index contributed by atoms with van der Waals surface area (Å²) in [6.45, 7) is 2.55. The quantitative estimate of drug-likeness (QED) is 0.857. The minimum atomic E-state index is -0.134. The Morgan fingerprint density at radius 3 is 2.84 bits per heavy atom. The highest BCUT2D eigenvalue weighted by Crippen LogP contribution is 2.22. The summed E-state index contributed by atoms with van der Waals surface area (Å²) in [4.78, 5) is 8.58. The lowest BCUT2D eigenvalue weighted by molar-refractivity contribution is 0.0854. The zero-order valence-electron chi connectivity index (χ0n) is 11.2. The van der Waals surface area contributed by atoms with Gasteiger partial charge in [-0.2, -0.15) is 4.98 Å². The van der Waals surface area contributed by atoms with E-state index in [-0.39, 0.29) is 6.10 Å². The first-order chi connectivity index (χ1) is 9.28. The molecule has 0 aliphatic rings. The minimum absolute atomic E-state index is 0.134. The Labute approximate surface area is 112 Å². The van der Waals surface area contributed by atoms with E-state index in [4.69, 9.17) is 15.0 Å². The van der Waals surface area contributed by atoms with Crippen LogP contribution < -0.4 is 5.73 Å². The lowest BCUT2D eigenvalue weighted by Crippen LogP contribution is -2.03. The van der Waals surface area contributed by atoms with Crippen molar-refractivity contribution in [2.45, 2.75) is 32.4 Å². The van der Waals surface area contributed by atoms with Crippen LogP contribution in [-0.4, -0.2) is 22.2 Å². The minimum Gasteiger partial charge on any atom is -0.373 e. The van der Waals surface area contributed by atoms with Crippen molar-refractivity contribution in [2.75, 3.05) is 7.11 Å². The van der Waals surface area contributed by atoms with Crippen molar-refractivity contribution < 1.29 is 9.26 Å². The molecule has 0 saturated heterocycles. The second kappa shape index (κ2) is 6.40. The van der Waals surface area contributed by atoms with Crippen molar-refractivity contribution in [3.05, 3.63) is 29.7 Å². The Bertz CT molecular complexity index is 510. The van der Waals surface area contributed by atoms with Gasteiger partial charge < -0.3 is 15.0 Å². The normalized spacial score (nSPS) is 12.6. The van der Waals surface area contributed by atoms with Gasteiger partial charge in [0, 0.05) is 19.9 Å². The molecular weight excluding hydrogens is 244 g/mol. The van der Waals surface area contributed by atoms with Gasteiger partial charge >= 0.3 is 0 Å². The van der Waals surface area contributed by atoms with Crippen molar-refractivity contribution in [1.29, 1.82) is 0 Å². The molecule has 0 spiro atoms. The van der Waals surface area contributed by atoms with Crippen molar-refractivity contribution in [3.63, 3.8) is 0 Å². The van der Waals surface area contributed by atoms with Crippen LogP contribution in [0.4, 0.5) is 0 Å². The van der Waals surface area contributed by atoms with E-state index in [1.807, 2.05) is 12.1 Å². The van der Waals surface area contributed by atoms with Gasteiger partial charge in [0.2, 0.25) is 5.82 Å². The van der Waals surface area contributed by atoms with Gasteiger partial charge in [-0.15, -0.1) is 0 Å². The molecule has 2 aromatic rings. The second-order valence-electron chi connectivity index (χ2n) is 4.23. The molecule has 1 atom stereocenters. The van der Waals surface area contributed by atoms with Gasteiger partial charge in [-0.05, 0) is 18.1 Å². The third kappa shape index (κ3) is 3.15. The summed E-state index contributed by atoms with van der Waals surface area (Å²) >= 11 is 0.